The number of imidazole rings is 1. The van der Waals surface area contributed by atoms with Crippen molar-refractivity contribution in [3.63, 3.8) is 0 Å². The minimum absolute atomic E-state index is 0.0978. The van der Waals surface area contributed by atoms with Crippen LogP contribution in [0.4, 0.5) is 0 Å². The Kier molecular flexibility index (Phi) is 3.75. The summed E-state index contributed by atoms with van der Waals surface area (Å²) < 4.78 is 2.09. The highest BCUT2D eigenvalue weighted by Crippen LogP contribution is 2.22. The van der Waals surface area contributed by atoms with Gasteiger partial charge in [-0.1, -0.05) is 37.3 Å². The van der Waals surface area contributed by atoms with Crippen molar-refractivity contribution in [1.82, 2.24) is 14.5 Å². The molecule has 0 saturated heterocycles. The molecule has 0 spiro atoms. The molecular formula is C16H20N4O. The van der Waals surface area contributed by atoms with E-state index in [9.17, 15) is 4.79 Å². The fraction of sp³-hybridized carbons (Fsp3) is 0.375. The van der Waals surface area contributed by atoms with E-state index in [4.69, 9.17) is 5.73 Å². The van der Waals surface area contributed by atoms with Gasteiger partial charge < -0.3 is 15.2 Å². The summed E-state index contributed by atoms with van der Waals surface area (Å²) in [5.41, 5.74) is 7.25. The number of nitrogens with zero attached hydrogens (tertiary/aromatic N) is 3. The number of fused-ring (bicyclic) bond motifs is 1. The minimum atomic E-state index is -0.277. The summed E-state index contributed by atoms with van der Waals surface area (Å²) in [6, 6.07) is 9.51. The molecule has 1 aliphatic heterocycles. The molecule has 2 aromatic rings. The van der Waals surface area contributed by atoms with Crippen LogP contribution in [0, 0.1) is 5.92 Å². The molecule has 0 saturated carbocycles. The molecule has 1 aromatic heterocycles. The second kappa shape index (κ2) is 5.69. The van der Waals surface area contributed by atoms with Crippen molar-refractivity contribution in [2.75, 3.05) is 6.54 Å². The van der Waals surface area contributed by atoms with E-state index in [1.54, 1.807) is 6.20 Å². The fourth-order valence-electron chi connectivity index (χ4n) is 2.77. The quantitative estimate of drug-likeness (QED) is 0.930. The van der Waals surface area contributed by atoms with E-state index >= 15 is 0 Å². The summed E-state index contributed by atoms with van der Waals surface area (Å²) in [7, 11) is 0. The minimum Gasteiger partial charge on any atom is -0.333 e. The van der Waals surface area contributed by atoms with Gasteiger partial charge in [0.1, 0.15) is 5.82 Å². The van der Waals surface area contributed by atoms with Crippen molar-refractivity contribution in [2.45, 2.75) is 26.1 Å². The lowest BCUT2D eigenvalue weighted by Crippen LogP contribution is -2.43. The summed E-state index contributed by atoms with van der Waals surface area (Å²) in [6.07, 6.45) is 3.73. The molecule has 2 N–H and O–H groups in total. The third-order valence-electron chi connectivity index (χ3n) is 4.17. The van der Waals surface area contributed by atoms with Crippen LogP contribution in [0.2, 0.25) is 0 Å². The molecule has 1 aromatic carbocycles. The van der Waals surface area contributed by atoms with Crippen LogP contribution in [0.15, 0.2) is 42.7 Å². The van der Waals surface area contributed by atoms with Crippen molar-refractivity contribution in [3.05, 3.63) is 54.1 Å². The molecule has 1 amide bonds. The van der Waals surface area contributed by atoms with E-state index in [-0.39, 0.29) is 17.9 Å². The van der Waals surface area contributed by atoms with E-state index in [1.807, 2.05) is 48.4 Å². The van der Waals surface area contributed by atoms with Gasteiger partial charge >= 0.3 is 0 Å². The van der Waals surface area contributed by atoms with E-state index in [0.717, 1.165) is 17.9 Å². The Balaban J connectivity index is 1.71. The van der Waals surface area contributed by atoms with E-state index in [0.29, 0.717) is 13.1 Å². The van der Waals surface area contributed by atoms with Gasteiger partial charge in [-0.2, -0.15) is 0 Å². The Morgan fingerprint density at radius 2 is 2.05 bits per heavy atom. The Bertz CT molecular complexity index is 622. The molecule has 2 atom stereocenters. The summed E-state index contributed by atoms with van der Waals surface area (Å²) in [4.78, 5) is 18.8. The maximum absolute atomic E-state index is 12.7. The monoisotopic (exact) mass is 284 g/mol. The number of carbonyl (C=O) groups excluding carboxylic acids is 1. The standard InChI is InChI=1S/C16H20N4O/c1-12(15(17)13-5-3-2-4-6-13)16(21)20-10-9-19-8-7-18-14(19)11-20/h2-8,12,15H,9-11,17H2,1H3. The summed E-state index contributed by atoms with van der Waals surface area (Å²) in [6.45, 7) is 3.99. The number of aromatic nitrogens is 2. The molecule has 1 aliphatic rings. The van der Waals surface area contributed by atoms with Crippen molar-refractivity contribution >= 4 is 5.91 Å². The molecule has 2 unspecified atom stereocenters. The number of benzene rings is 1. The zero-order valence-electron chi connectivity index (χ0n) is 12.1. The van der Waals surface area contributed by atoms with E-state index < -0.39 is 0 Å². The molecule has 5 heteroatoms. The number of nitrogens with two attached hydrogens (primary N) is 1. The van der Waals surface area contributed by atoms with E-state index in [2.05, 4.69) is 9.55 Å². The van der Waals surface area contributed by atoms with Gasteiger partial charge in [0.05, 0.1) is 12.5 Å². The number of rotatable bonds is 3. The topological polar surface area (TPSA) is 64.2 Å². The average molecular weight is 284 g/mol. The van der Waals surface area contributed by atoms with Crippen LogP contribution in [-0.2, 0) is 17.9 Å². The largest absolute Gasteiger partial charge is 0.333 e. The lowest BCUT2D eigenvalue weighted by atomic mass is 9.94. The lowest BCUT2D eigenvalue weighted by molar-refractivity contribution is -0.137. The van der Waals surface area contributed by atoms with Crippen LogP contribution in [-0.4, -0.2) is 26.9 Å². The fourth-order valence-corrected chi connectivity index (χ4v) is 2.77. The third kappa shape index (κ3) is 2.69. The van der Waals surface area contributed by atoms with Gasteiger partial charge in [-0.3, -0.25) is 4.79 Å². The first kappa shape index (κ1) is 13.8. The van der Waals surface area contributed by atoms with Gasteiger partial charge in [-0.05, 0) is 5.56 Å². The van der Waals surface area contributed by atoms with Crippen LogP contribution in [0.1, 0.15) is 24.4 Å². The summed E-state index contributed by atoms with van der Waals surface area (Å²) in [5.74, 6) is 0.796. The smallest absolute Gasteiger partial charge is 0.227 e. The molecule has 2 heterocycles. The van der Waals surface area contributed by atoms with E-state index in [1.165, 1.54) is 0 Å². The number of hydrogen-bond acceptors (Lipinski definition) is 3. The zero-order valence-corrected chi connectivity index (χ0v) is 12.1. The highest BCUT2D eigenvalue weighted by atomic mass is 16.2. The molecule has 110 valence electrons. The Morgan fingerprint density at radius 3 is 2.81 bits per heavy atom. The van der Waals surface area contributed by atoms with Gasteiger partial charge in [-0.25, -0.2) is 4.98 Å². The van der Waals surface area contributed by atoms with Crippen molar-refractivity contribution in [2.24, 2.45) is 11.7 Å². The van der Waals surface area contributed by atoms with Crippen LogP contribution in [0.5, 0.6) is 0 Å². The molecular weight excluding hydrogens is 264 g/mol. The number of hydrogen-bond donors (Lipinski definition) is 1. The first-order valence-corrected chi connectivity index (χ1v) is 7.26. The number of amides is 1. The predicted molar refractivity (Wildman–Crippen MR) is 80.2 cm³/mol. The Labute approximate surface area is 124 Å². The van der Waals surface area contributed by atoms with Crippen molar-refractivity contribution in [3.8, 4) is 0 Å². The maximum atomic E-state index is 12.7. The van der Waals surface area contributed by atoms with Crippen LogP contribution >= 0.6 is 0 Å². The highest BCUT2D eigenvalue weighted by Gasteiger charge is 2.29. The molecule has 0 fully saturated rings. The second-order valence-corrected chi connectivity index (χ2v) is 5.52. The van der Waals surface area contributed by atoms with Gasteiger partial charge in [0.2, 0.25) is 5.91 Å². The van der Waals surface area contributed by atoms with Crippen LogP contribution in [0.25, 0.3) is 0 Å². The third-order valence-corrected chi connectivity index (χ3v) is 4.17. The van der Waals surface area contributed by atoms with Gasteiger partial charge in [0.15, 0.2) is 0 Å². The molecule has 0 bridgehead atoms. The maximum Gasteiger partial charge on any atom is 0.227 e. The molecule has 5 nitrogen and oxygen atoms in total. The average Bonchev–Trinajstić information content (AvgIpc) is 3.01. The normalized spacial score (nSPS) is 17.1. The van der Waals surface area contributed by atoms with Gasteiger partial charge in [0.25, 0.3) is 0 Å². The van der Waals surface area contributed by atoms with Crippen molar-refractivity contribution < 1.29 is 4.79 Å². The first-order chi connectivity index (χ1) is 10.2. The Hall–Kier alpha value is -2.14. The molecule has 0 radical (unpaired) electrons. The summed E-state index contributed by atoms with van der Waals surface area (Å²) in [5, 5.41) is 0. The molecule has 0 aliphatic carbocycles. The predicted octanol–water partition coefficient (Wildman–Crippen LogP) is 1.56. The second-order valence-electron chi connectivity index (χ2n) is 5.52. The number of carbonyl (C=O) groups is 1. The van der Waals surface area contributed by atoms with Crippen LogP contribution < -0.4 is 5.73 Å². The molecule has 21 heavy (non-hydrogen) atoms. The SMILES string of the molecule is CC(C(=O)N1CCn2ccnc2C1)C(N)c1ccccc1. The van der Waals surface area contributed by atoms with Gasteiger partial charge in [0, 0.05) is 31.5 Å². The molecule has 3 rings (SSSR count). The first-order valence-electron chi connectivity index (χ1n) is 7.26. The Morgan fingerprint density at radius 1 is 1.29 bits per heavy atom. The summed E-state index contributed by atoms with van der Waals surface area (Å²) >= 11 is 0. The zero-order chi connectivity index (χ0) is 14.8. The van der Waals surface area contributed by atoms with Gasteiger partial charge in [-0.15, -0.1) is 0 Å². The lowest BCUT2D eigenvalue weighted by Gasteiger charge is -2.31. The van der Waals surface area contributed by atoms with Crippen molar-refractivity contribution in [1.29, 1.82) is 0 Å². The highest BCUT2D eigenvalue weighted by molar-refractivity contribution is 5.79. The van der Waals surface area contributed by atoms with Crippen LogP contribution in [0.3, 0.4) is 0 Å².